The maximum atomic E-state index is 14.3. The highest BCUT2D eigenvalue weighted by molar-refractivity contribution is 9.10. The van der Waals surface area contributed by atoms with E-state index in [1.165, 1.54) is 31.7 Å². The summed E-state index contributed by atoms with van der Waals surface area (Å²) in [7, 11) is 0. The minimum atomic E-state index is -2.68. The number of nitrogens with one attached hydrogen (secondary N) is 3. The van der Waals surface area contributed by atoms with Gasteiger partial charge in [-0.3, -0.25) is 0 Å². The van der Waals surface area contributed by atoms with Crippen molar-refractivity contribution < 1.29 is 13.2 Å². The zero-order chi connectivity index (χ0) is 20.9. The van der Waals surface area contributed by atoms with Crippen LogP contribution in [0.2, 0.25) is 0 Å². The molecule has 3 N–H and O–H groups in total. The lowest BCUT2D eigenvalue weighted by molar-refractivity contribution is -0.0533. The Balaban J connectivity index is 1.23. The molecule has 5 rings (SSSR count). The molecule has 166 valence electrons. The Hall–Kier alpha value is -0.630. The van der Waals surface area contributed by atoms with E-state index in [9.17, 15) is 13.2 Å². The highest BCUT2D eigenvalue weighted by Gasteiger charge is 2.68. The Morgan fingerprint density at radius 1 is 1.07 bits per heavy atom. The van der Waals surface area contributed by atoms with Gasteiger partial charge in [0.25, 0.3) is 5.92 Å². The van der Waals surface area contributed by atoms with E-state index in [2.05, 4.69) is 31.9 Å². The number of benzene rings is 1. The van der Waals surface area contributed by atoms with E-state index in [0.717, 1.165) is 11.0 Å². The minimum absolute atomic E-state index is 0.199. The molecule has 1 aliphatic heterocycles. The van der Waals surface area contributed by atoms with Crippen LogP contribution in [0.15, 0.2) is 22.7 Å². The van der Waals surface area contributed by atoms with Crippen LogP contribution in [0.5, 0.6) is 0 Å². The summed E-state index contributed by atoms with van der Waals surface area (Å²) in [5.74, 6) is -0.576. The van der Waals surface area contributed by atoms with Crippen LogP contribution < -0.4 is 16.0 Å². The van der Waals surface area contributed by atoms with Gasteiger partial charge in [-0.15, -0.1) is 0 Å². The first kappa shape index (κ1) is 21.2. The first-order valence-corrected chi connectivity index (χ1v) is 12.2. The Labute approximate surface area is 185 Å². The second kappa shape index (κ2) is 8.05. The van der Waals surface area contributed by atoms with Gasteiger partial charge >= 0.3 is 0 Å². The second-order valence-electron chi connectivity index (χ2n) is 9.91. The smallest absolute Gasteiger partial charge is 0.275 e. The number of hydrogen-bond donors (Lipinski definition) is 3. The summed E-state index contributed by atoms with van der Waals surface area (Å²) in [6.45, 7) is 2.45. The molecule has 4 aliphatic rings. The molecule has 4 fully saturated rings. The van der Waals surface area contributed by atoms with E-state index in [1.807, 2.05) is 12.1 Å². The van der Waals surface area contributed by atoms with Gasteiger partial charge < -0.3 is 16.0 Å². The molecule has 0 radical (unpaired) electrons. The lowest BCUT2D eigenvalue weighted by Gasteiger charge is -2.36. The van der Waals surface area contributed by atoms with Crippen LogP contribution in [0, 0.1) is 34.9 Å². The van der Waals surface area contributed by atoms with Gasteiger partial charge in [-0.2, -0.15) is 0 Å². The first-order valence-electron chi connectivity index (χ1n) is 11.4. The summed E-state index contributed by atoms with van der Waals surface area (Å²) in [4.78, 5) is 0. The van der Waals surface area contributed by atoms with Gasteiger partial charge in [-0.25, -0.2) is 13.2 Å². The van der Waals surface area contributed by atoms with E-state index in [0.29, 0.717) is 60.7 Å². The van der Waals surface area contributed by atoms with E-state index in [-0.39, 0.29) is 12.4 Å². The maximum absolute atomic E-state index is 14.3. The van der Waals surface area contributed by atoms with Crippen LogP contribution in [0.4, 0.5) is 13.2 Å². The normalized spacial score (nSPS) is 35.8. The van der Waals surface area contributed by atoms with Crippen LogP contribution in [0.3, 0.4) is 0 Å². The fourth-order valence-electron chi connectivity index (χ4n) is 6.96. The molecule has 1 heterocycles. The van der Waals surface area contributed by atoms with Crippen molar-refractivity contribution in [1.82, 2.24) is 16.0 Å². The van der Waals surface area contributed by atoms with Crippen molar-refractivity contribution in [3.63, 3.8) is 0 Å². The predicted octanol–water partition coefficient (Wildman–Crippen LogP) is 4.32. The van der Waals surface area contributed by atoms with Gasteiger partial charge in [0.05, 0.1) is 12.6 Å². The summed E-state index contributed by atoms with van der Waals surface area (Å²) in [5.41, 5.74) is 1.16. The molecule has 1 saturated heterocycles. The van der Waals surface area contributed by atoms with Gasteiger partial charge in [0.1, 0.15) is 5.82 Å². The summed E-state index contributed by atoms with van der Waals surface area (Å²) < 4.78 is 43.4. The van der Waals surface area contributed by atoms with Crippen molar-refractivity contribution in [2.45, 2.75) is 50.6 Å². The number of rotatable bonds is 7. The summed E-state index contributed by atoms with van der Waals surface area (Å²) in [6, 6.07) is 4.45. The molecule has 2 bridgehead atoms. The predicted molar refractivity (Wildman–Crippen MR) is 115 cm³/mol. The van der Waals surface area contributed by atoms with E-state index in [1.54, 1.807) is 0 Å². The van der Waals surface area contributed by atoms with Crippen molar-refractivity contribution in [2.24, 2.45) is 29.1 Å². The molecule has 3 nitrogen and oxygen atoms in total. The minimum Gasteiger partial charge on any atom is -0.312 e. The highest BCUT2D eigenvalue weighted by atomic mass is 79.9. The van der Waals surface area contributed by atoms with Crippen LogP contribution in [0.1, 0.15) is 37.7 Å². The van der Waals surface area contributed by atoms with E-state index in [4.69, 9.17) is 0 Å². The van der Waals surface area contributed by atoms with Gasteiger partial charge in [0.15, 0.2) is 0 Å². The Morgan fingerprint density at radius 2 is 1.80 bits per heavy atom. The van der Waals surface area contributed by atoms with Crippen molar-refractivity contribution in [1.29, 1.82) is 0 Å². The molecule has 5 atom stereocenters. The van der Waals surface area contributed by atoms with E-state index < -0.39 is 12.0 Å². The Kier molecular flexibility index (Phi) is 5.70. The number of halogens is 4. The Bertz CT molecular complexity index is 785. The highest BCUT2D eigenvalue weighted by Crippen LogP contribution is 2.74. The molecule has 3 saturated carbocycles. The van der Waals surface area contributed by atoms with E-state index >= 15 is 0 Å². The standard InChI is InChI=1S/C23H31BrF3N3/c24-15-2-1-14(20(25)9-15)10-29-11-16-17(19-4-3-18(16)22(19)6-7-22)12-30-21-5-8-28-13-23(21,26)27/h1-2,9,16-19,21,28-30H,3-8,10-13H2/t16-,17-,18-,19+,21?/m0/s1. The fourth-order valence-corrected chi connectivity index (χ4v) is 7.30. The molecule has 1 aromatic carbocycles. The Morgan fingerprint density at radius 3 is 2.47 bits per heavy atom. The maximum Gasteiger partial charge on any atom is 0.275 e. The molecule has 30 heavy (non-hydrogen) atoms. The van der Waals surface area contributed by atoms with Crippen molar-refractivity contribution in [3.8, 4) is 0 Å². The largest absolute Gasteiger partial charge is 0.312 e. The van der Waals surface area contributed by atoms with Crippen LogP contribution in [-0.4, -0.2) is 38.1 Å². The molecule has 1 unspecified atom stereocenters. The lowest BCUT2D eigenvalue weighted by Crippen LogP contribution is -2.57. The van der Waals surface area contributed by atoms with Gasteiger partial charge in [-0.05, 0) is 93.0 Å². The van der Waals surface area contributed by atoms with Gasteiger partial charge in [0.2, 0.25) is 0 Å². The molecule has 0 aromatic heterocycles. The van der Waals surface area contributed by atoms with Crippen molar-refractivity contribution >= 4 is 15.9 Å². The zero-order valence-corrected chi connectivity index (χ0v) is 18.8. The SMILES string of the molecule is Fc1cc(Br)ccc1CNC[C@H]1[C@H](CNC2CCNCC2(F)F)[C@H]2CC[C@@H]1C21CC1. The van der Waals surface area contributed by atoms with Crippen LogP contribution in [-0.2, 0) is 6.54 Å². The molecule has 7 heteroatoms. The molecular weight excluding hydrogens is 455 g/mol. The van der Waals surface area contributed by atoms with Gasteiger partial charge in [0, 0.05) is 16.6 Å². The topological polar surface area (TPSA) is 36.1 Å². The fraction of sp³-hybridized carbons (Fsp3) is 0.739. The molecule has 1 aromatic rings. The zero-order valence-electron chi connectivity index (χ0n) is 17.2. The third-order valence-electron chi connectivity index (χ3n) is 8.47. The van der Waals surface area contributed by atoms with Crippen LogP contribution in [0.25, 0.3) is 0 Å². The third kappa shape index (κ3) is 3.74. The number of hydrogen-bond acceptors (Lipinski definition) is 3. The summed E-state index contributed by atoms with van der Waals surface area (Å²) in [5, 5.41) is 9.58. The summed E-state index contributed by atoms with van der Waals surface area (Å²) in [6.07, 6.45) is 5.60. The second-order valence-corrected chi connectivity index (χ2v) is 10.8. The van der Waals surface area contributed by atoms with Crippen molar-refractivity contribution in [2.75, 3.05) is 26.2 Å². The van der Waals surface area contributed by atoms with Crippen molar-refractivity contribution in [3.05, 3.63) is 34.1 Å². The lowest BCUT2D eigenvalue weighted by atomic mass is 9.79. The molecular formula is C23H31BrF3N3. The average Bonchev–Trinajstić information content (AvgIpc) is 3.36. The number of alkyl halides is 2. The average molecular weight is 486 g/mol. The van der Waals surface area contributed by atoms with Gasteiger partial charge in [-0.1, -0.05) is 22.0 Å². The quantitative estimate of drug-likeness (QED) is 0.538. The third-order valence-corrected chi connectivity index (χ3v) is 8.96. The molecule has 3 aliphatic carbocycles. The van der Waals surface area contributed by atoms with Crippen LogP contribution >= 0.6 is 15.9 Å². The summed E-state index contributed by atoms with van der Waals surface area (Å²) >= 11 is 3.30. The molecule has 1 spiro atoms. The molecule has 0 amide bonds. The first-order chi connectivity index (χ1) is 14.4. The number of piperidine rings is 1. The monoisotopic (exact) mass is 485 g/mol.